The summed E-state index contributed by atoms with van der Waals surface area (Å²) in [5.41, 5.74) is 3.45. The Morgan fingerprint density at radius 3 is 2.87 bits per heavy atom. The fraction of sp³-hybridized carbons (Fsp3) is 0.450. The molecule has 1 fully saturated rings. The summed E-state index contributed by atoms with van der Waals surface area (Å²) >= 11 is 0. The molecule has 1 aliphatic heterocycles. The van der Waals surface area contributed by atoms with E-state index in [0.29, 0.717) is 17.0 Å². The van der Waals surface area contributed by atoms with Crippen molar-refractivity contribution in [2.45, 2.75) is 43.4 Å². The highest BCUT2D eigenvalue weighted by molar-refractivity contribution is 5.83. The van der Waals surface area contributed by atoms with Gasteiger partial charge in [-0.25, -0.2) is 15.0 Å². The van der Waals surface area contributed by atoms with Gasteiger partial charge in [0.1, 0.15) is 30.4 Å². The summed E-state index contributed by atoms with van der Waals surface area (Å²) in [5, 5.41) is 33.2. The molecule has 0 saturated carbocycles. The zero-order chi connectivity index (χ0) is 20.8. The normalized spacial score (nSPS) is 28.1. The predicted molar refractivity (Wildman–Crippen MR) is 106 cm³/mol. The zero-order valence-electron chi connectivity index (χ0n) is 16.3. The molecule has 0 radical (unpaired) electrons. The summed E-state index contributed by atoms with van der Waals surface area (Å²) in [6.07, 6.45) is 0.621. The summed E-state index contributed by atoms with van der Waals surface area (Å²) in [6.45, 7) is -0.394. The van der Waals surface area contributed by atoms with Crippen molar-refractivity contribution in [2.24, 2.45) is 0 Å². The van der Waals surface area contributed by atoms with Crippen molar-refractivity contribution < 1.29 is 24.8 Å². The number of anilines is 1. The van der Waals surface area contributed by atoms with E-state index in [0.717, 1.165) is 18.6 Å². The quantitative estimate of drug-likeness (QED) is 0.473. The van der Waals surface area contributed by atoms with Gasteiger partial charge in [0, 0.05) is 0 Å². The Morgan fingerprint density at radius 1 is 1.23 bits per heavy atom. The lowest BCUT2D eigenvalue weighted by molar-refractivity contribution is -0.0511. The van der Waals surface area contributed by atoms with E-state index in [1.807, 2.05) is 6.07 Å². The fourth-order valence-electron chi connectivity index (χ4n) is 4.29. The highest BCUT2D eigenvalue weighted by atomic mass is 16.6. The van der Waals surface area contributed by atoms with Crippen LogP contribution >= 0.6 is 0 Å². The molecule has 1 aliphatic carbocycles. The topological polar surface area (TPSA) is 135 Å². The van der Waals surface area contributed by atoms with Crippen LogP contribution in [0, 0.1) is 0 Å². The smallest absolute Gasteiger partial charge is 0.167 e. The van der Waals surface area contributed by atoms with Crippen LogP contribution in [0.3, 0.4) is 0 Å². The van der Waals surface area contributed by atoms with Gasteiger partial charge in [-0.05, 0) is 36.1 Å². The first-order valence-corrected chi connectivity index (χ1v) is 9.84. The summed E-state index contributed by atoms with van der Waals surface area (Å²) in [6, 6.07) is 6.16. The van der Waals surface area contributed by atoms with Crippen molar-refractivity contribution in [2.75, 3.05) is 19.0 Å². The number of aromatic nitrogens is 4. The van der Waals surface area contributed by atoms with E-state index in [-0.39, 0.29) is 6.04 Å². The van der Waals surface area contributed by atoms with E-state index < -0.39 is 31.1 Å². The summed E-state index contributed by atoms with van der Waals surface area (Å²) in [4.78, 5) is 13.1. The molecule has 2 aliphatic rings. The molecule has 0 unspecified atom stereocenters. The second kappa shape index (κ2) is 7.47. The standard InChI is InChI=1S/C20H23N5O5/c1-29-11-3-4-12-10(6-11)2-5-13(12)24-18-15-19(22-8-21-18)25(9-23-15)20-17(28)16(27)14(7-26)30-20/h3-4,6,8-9,13-14,16-17,20,26-28H,2,5,7H2,1H3,(H,21,22,24)/t13-,14+,16+,17+,20+/m0/s1. The first-order valence-electron chi connectivity index (χ1n) is 9.84. The molecule has 2 aromatic heterocycles. The minimum Gasteiger partial charge on any atom is -0.497 e. The minimum atomic E-state index is -1.21. The van der Waals surface area contributed by atoms with Crippen molar-refractivity contribution in [1.82, 2.24) is 19.5 Å². The molecule has 10 nitrogen and oxygen atoms in total. The van der Waals surface area contributed by atoms with Gasteiger partial charge in [0.25, 0.3) is 0 Å². The third-order valence-electron chi connectivity index (χ3n) is 5.89. The molecule has 0 amide bonds. The van der Waals surface area contributed by atoms with Gasteiger partial charge in [-0.15, -0.1) is 0 Å². The number of benzene rings is 1. The van der Waals surface area contributed by atoms with E-state index in [1.165, 1.54) is 23.8 Å². The maximum atomic E-state index is 10.3. The maximum Gasteiger partial charge on any atom is 0.167 e. The second-order valence-corrected chi connectivity index (χ2v) is 7.58. The van der Waals surface area contributed by atoms with E-state index in [4.69, 9.17) is 9.47 Å². The van der Waals surface area contributed by atoms with Crippen LogP contribution in [-0.4, -0.2) is 66.9 Å². The van der Waals surface area contributed by atoms with Crippen LogP contribution in [0.25, 0.3) is 11.2 Å². The molecule has 5 atom stereocenters. The molecule has 1 saturated heterocycles. The Balaban J connectivity index is 1.44. The monoisotopic (exact) mass is 413 g/mol. The van der Waals surface area contributed by atoms with Crippen molar-refractivity contribution in [3.05, 3.63) is 42.0 Å². The number of aliphatic hydroxyl groups is 3. The largest absolute Gasteiger partial charge is 0.497 e. The van der Waals surface area contributed by atoms with E-state index in [1.54, 1.807) is 11.7 Å². The number of rotatable bonds is 5. The van der Waals surface area contributed by atoms with Crippen LogP contribution in [0.4, 0.5) is 5.82 Å². The first-order chi connectivity index (χ1) is 14.6. The average molecular weight is 413 g/mol. The van der Waals surface area contributed by atoms with E-state index in [2.05, 4.69) is 32.4 Å². The maximum absolute atomic E-state index is 10.3. The van der Waals surface area contributed by atoms with Crippen LogP contribution in [0.15, 0.2) is 30.9 Å². The SMILES string of the molecule is COc1ccc2c(c1)CC[C@@H]2Nc1ncnc2c1ncn2[C@@H]1O[C@H](CO)[C@@H](O)[C@H]1O. The van der Waals surface area contributed by atoms with Crippen molar-refractivity contribution >= 4 is 17.0 Å². The first kappa shape index (κ1) is 19.2. The van der Waals surface area contributed by atoms with E-state index in [9.17, 15) is 15.3 Å². The Hall–Kier alpha value is -2.79. The lowest BCUT2D eigenvalue weighted by atomic mass is 10.1. The van der Waals surface area contributed by atoms with Gasteiger partial charge in [-0.2, -0.15) is 0 Å². The molecule has 158 valence electrons. The number of hydrogen-bond donors (Lipinski definition) is 4. The van der Waals surface area contributed by atoms with Crippen LogP contribution in [0.5, 0.6) is 5.75 Å². The highest BCUT2D eigenvalue weighted by Gasteiger charge is 2.44. The van der Waals surface area contributed by atoms with Gasteiger partial charge in [0.2, 0.25) is 0 Å². The van der Waals surface area contributed by atoms with Crippen molar-refractivity contribution in [3.8, 4) is 5.75 Å². The minimum absolute atomic E-state index is 0.0862. The number of nitrogens with zero attached hydrogens (tertiary/aromatic N) is 4. The van der Waals surface area contributed by atoms with Crippen molar-refractivity contribution in [1.29, 1.82) is 0 Å². The van der Waals surface area contributed by atoms with Gasteiger partial charge in [-0.1, -0.05) is 6.07 Å². The third kappa shape index (κ3) is 3.00. The van der Waals surface area contributed by atoms with E-state index >= 15 is 0 Å². The summed E-state index contributed by atoms with van der Waals surface area (Å²) in [7, 11) is 1.66. The lowest BCUT2D eigenvalue weighted by Gasteiger charge is -2.17. The molecule has 0 spiro atoms. The molecule has 3 heterocycles. The molecule has 10 heteroatoms. The zero-order valence-corrected chi connectivity index (χ0v) is 16.3. The predicted octanol–water partition coefficient (Wildman–Crippen LogP) is 0.546. The molecule has 5 rings (SSSR count). The van der Waals surface area contributed by atoms with Gasteiger partial charge in [0.15, 0.2) is 23.2 Å². The molecular weight excluding hydrogens is 390 g/mol. The van der Waals surface area contributed by atoms with Crippen LogP contribution in [-0.2, 0) is 11.2 Å². The Bertz CT molecular complexity index is 1070. The Kier molecular flexibility index (Phi) is 4.78. The fourth-order valence-corrected chi connectivity index (χ4v) is 4.29. The highest BCUT2D eigenvalue weighted by Crippen LogP contribution is 2.37. The van der Waals surface area contributed by atoms with Crippen LogP contribution in [0.1, 0.15) is 29.8 Å². The number of aryl methyl sites for hydroxylation is 1. The average Bonchev–Trinajstić information content (AvgIpc) is 3.45. The number of fused-ring (bicyclic) bond motifs is 2. The van der Waals surface area contributed by atoms with Gasteiger partial charge < -0.3 is 30.1 Å². The molecule has 1 aromatic carbocycles. The number of ether oxygens (including phenoxy) is 2. The molecular formula is C20H23N5O5. The number of hydrogen-bond acceptors (Lipinski definition) is 9. The number of methoxy groups -OCH3 is 1. The Morgan fingerprint density at radius 2 is 2.10 bits per heavy atom. The summed E-state index contributed by atoms with van der Waals surface area (Å²) < 4.78 is 12.5. The van der Waals surface area contributed by atoms with Crippen molar-refractivity contribution in [3.63, 3.8) is 0 Å². The van der Waals surface area contributed by atoms with Gasteiger partial charge in [0.05, 0.1) is 26.1 Å². The summed E-state index contributed by atoms with van der Waals surface area (Å²) in [5.74, 6) is 1.43. The molecule has 0 bridgehead atoms. The number of imidazole rings is 1. The van der Waals surface area contributed by atoms with Crippen LogP contribution < -0.4 is 10.1 Å². The van der Waals surface area contributed by atoms with Crippen LogP contribution in [0.2, 0.25) is 0 Å². The second-order valence-electron chi connectivity index (χ2n) is 7.58. The lowest BCUT2D eigenvalue weighted by Crippen LogP contribution is -2.33. The number of aliphatic hydroxyl groups excluding tert-OH is 3. The third-order valence-corrected chi connectivity index (χ3v) is 5.89. The molecule has 30 heavy (non-hydrogen) atoms. The Labute approximate surface area is 172 Å². The van der Waals surface area contributed by atoms with Gasteiger partial charge >= 0.3 is 0 Å². The van der Waals surface area contributed by atoms with Gasteiger partial charge in [-0.3, -0.25) is 4.57 Å². The molecule has 4 N–H and O–H groups in total. The number of nitrogens with one attached hydrogen (secondary N) is 1. The molecule has 3 aromatic rings.